The topological polar surface area (TPSA) is 75.1 Å². The van der Waals surface area contributed by atoms with Crippen molar-refractivity contribution in [3.63, 3.8) is 0 Å². The number of benzene rings is 1. The van der Waals surface area contributed by atoms with Gasteiger partial charge >= 0.3 is 5.76 Å². The van der Waals surface area contributed by atoms with Gasteiger partial charge in [0.15, 0.2) is 5.58 Å². The molecule has 1 atom stereocenters. The van der Waals surface area contributed by atoms with Crippen molar-refractivity contribution in [1.29, 1.82) is 0 Å². The van der Waals surface area contributed by atoms with E-state index >= 15 is 0 Å². The zero-order chi connectivity index (χ0) is 13.1. The molecule has 0 fully saturated rings. The number of fused-ring (bicyclic) bond motifs is 1. The molecule has 1 aromatic carbocycles. The van der Waals surface area contributed by atoms with Crippen molar-refractivity contribution in [1.82, 2.24) is 10.3 Å². The molecule has 2 N–H and O–H groups in total. The van der Waals surface area contributed by atoms with Gasteiger partial charge in [-0.05, 0) is 38.1 Å². The van der Waals surface area contributed by atoms with E-state index in [0.717, 1.165) is 12.0 Å². The highest BCUT2D eigenvalue weighted by molar-refractivity contribution is 5.75. The van der Waals surface area contributed by atoms with Crippen LogP contribution in [-0.4, -0.2) is 17.8 Å². The van der Waals surface area contributed by atoms with Crippen molar-refractivity contribution in [2.75, 3.05) is 7.05 Å². The summed E-state index contributed by atoms with van der Waals surface area (Å²) in [5.41, 5.74) is 2.26. The number of hydrogen-bond acceptors (Lipinski definition) is 4. The van der Waals surface area contributed by atoms with Crippen LogP contribution in [0.15, 0.2) is 27.4 Å². The van der Waals surface area contributed by atoms with Crippen LogP contribution < -0.4 is 11.1 Å². The number of rotatable bonds is 5. The molecule has 2 aromatic rings. The van der Waals surface area contributed by atoms with Gasteiger partial charge in [-0.2, -0.15) is 0 Å². The van der Waals surface area contributed by atoms with Crippen LogP contribution in [0.3, 0.4) is 0 Å². The molecule has 0 aliphatic carbocycles. The van der Waals surface area contributed by atoms with Gasteiger partial charge in [0.2, 0.25) is 0 Å². The van der Waals surface area contributed by atoms with E-state index in [0.29, 0.717) is 17.5 Å². The van der Waals surface area contributed by atoms with Crippen molar-refractivity contribution in [2.45, 2.75) is 25.8 Å². The zero-order valence-corrected chi connectivity index (χ0v) is 10.4. The van der Waals surface area contributed by atoms with Crippen molar-refractivity contribution in [3.05, 3.63) is 34.3 Å². The van der Waals surface area contributed by atoms with Gasteiger partial charge in [0, 0.05) is 12.5 Å². The number of H-pyrrole nitrogens is 1. The summed E-state index contributed by atoms with van der Waals surface area (Å²) in [5.74, 6) is -0.278. The molecular formula is C13H16N2O3. The van der Waals surface area contributed by atoms with Gasteiger partial charge < -0.3 is 14.5 Å². The number of ketones is 1. The highest BCUT2D eigenvalue weighted by Gasteiger charge is 2.12. The summed E-state index contributed by atoms with van der Waals surface area (Å²) in [5, 5.41) is 3.17. The first-order valence-electron chi connectivity index (χ1n) is 5.89. The van der Waals surface area contributed by atoms with Gasteiger partial charge in [0.25, 0.3) is 0 Å². The minimum absolute atomic E-state index is 0.0942. The number of Topliss-reactive ketones (excluding diaryl/α,β-unsaturated/α-hetero) is 1. The fourth-order valence-corrected chi connectivity index (χ4v) is 2.01. The Labute approximate surface area is 104 Å². The summed E-state index contributed by atoms with van der Waals surface area (Å²) >= 11 is 0. The van der Waals surface area contributed by atoms with Crippen molar-refractivity contribution >= 4 is 16.9 Å². The molecule has 0 spiro atoms. The maximum Gasteiger partial charge on any atom is 0.417 e. The first-order valence-corrected chi connectivity index (χ1v) is 5.89. The normalized spacial score (nSPS) is 12.8. The summed E-state index contributed by atoms with van der Waals surface area (Å²) < 4.78 is 4.95. The second-order valence-electron chi connectivity index (χ2n) is 4.35. The standard InChI is InChI=1S/C13H16N2O3/c1-8(16)3-5-10(14-2)9-4-6-12-11(7-9)15-13(17)18-12/h4,6-7,10,14H,3,5H2,1-2H3,(H,15,17). The molecule has 5 nitrogen and oxygen atoms in total. The average Bonchev–Trinajstić information content (AvgIpc) is 2.68. The summed E-state index contributed by atoms with van der Waals surface area (Å²) in [4.78, 5) is 24.7. The Hall–Kier alpha value is -1.88. The van der Waals surface area contributed by atoms with Crippen LogP contribution in [0.2, 0.25) is 0 Å². The molecule has 1 aromatic heterocycles. The number of carbonyl (C=O) groups excluding carboxylic acids is 1. The molecule has 0 radical (unpaired) electrons. The second-order valence-corrected chi connectivity index (χ2v) is 4.35. The van der Waals surface area contributed by atoms with Gasteiger partial charge in [0.1, 0.15) is 5.78 Å². The van der Waals surface area contributed by atoms with Gasteiger partial charge in [0.05, 0.1) is 5.52 Å². The van der Waals surface area contributed by atoms with Gasteiger partial charge in [-0.3, -0.25) is 4.98 Å². The molecule has 0 bridgehead atoms. The van der Waals surface area contributed by atoms with Crippen molar-refractivity contribution in [3.8, 4) is 0 Å². The number of aromatic nitrogens is 1. The molecule has 0 saturated carbocycles. The van der Waals surface area contributed by atoms with E-state index in [-0.39, 0.29) is 11.8 Å². The van der Waals surface area contributed by atoms with Crippen LogP contribution in [0.4, 0.5) is 0 Å². The third-order valence-corrected chi connectivity index (χ3v) is 2.98. The SMILES string of the molecule is CNC(CCC(C)=O)c1ccc2oc(=O)[nH]c2c1. The minimum Gasteiger partial charge on any atom is -0.408 e. The number of oxazole rings is 1. The average molecular weight is 248 g/mol. The quantitative estimate of drug-likeness (QED) is 0.845. The number of hydrogen-bond donors (Lipinski definition) is 2. The lowest BCUT2D eigenvalue weighted by Gasteiger charge is -2.15. The Morgan fingerprint density at radius 1 is 1.50 bits per heavy atom. The lowest BCUT2D eigenvalue weighted by molar-refractivity contribution is -0.117. The van der Waals surface area contributed by atoms with E-state index in [1.54, 1.807) is 13.0 Å². The molecule has 1 unspecified atom stereocenters. The third kappa shape index (κ3) is 2.68. The lowest BCUT2D eigenvalue weighted by Crippen LogP contribution is -2.17. The molecule has 0 aliphatic heterocycles. The predicted molar refractivity (Wildman–Crippen MR) is 68.6 cm³/mol. The van der Waals surface area contributed by atoms with Crippen molar-refractivity contribution in [2.24, 2.45) is 0 Å². The summed E-state index contributed by atoms with van der Waals surface area (Å²) in [7, 11) is 1.85. The Kier molecular flexibility index (Phi) is 3.62. The molecule has 0 amide bonds. The van der Waals surface area contributed by atoms with E-state index < -0.39 is 5.76 Å². The lowest BCUT2D eigenvalue weighted by atomic mass is 10.0. The fourth-order valence-electron chi connectivity index (χ4n) is 2.01. The molecule has 18 heavy (non-hydrogen) atoms. The monoisotopic (exact) mass is 248 g/mol. The maximum absolute atomic E-state index is 11.1. The Morgan fingerprint density at radius 2 is 2.28 bits per heavy atom. The minimum atomic E-state index is -0.452. The summed E-state index contributed by atoms with van der Waals surface area (Å²) in [6.45, 7) is 1.59. The molecule has 1 heterocycles. The highest BCUT2D eigenvalue weighted by Crippen LogP contribution is 2.21. The van der Waals surface area contributed by atoms with Crippen LogP contribution in [0.5, 0.6) is 0 Å². The molecule has 0 saturated heterocycles. The van der Waals surface area contributed by atoms with Crippen LogP contribution in [0.1, 0.15) is 31.4 Å². The van der Waals surface area contributed by atoms with Crippen molar-refractivity contribution < 1.29 is 9.21 Å². The molecule has 5 heteroatoms. The first kappa shape index (κ1) is 12.6. The van der Waals surface area contributed by atoms with E-state index in [4.69, 9.17) is 4.42 Å². The van der Waals surface area contributed by atoms with Gasteiger partial charge in [-0.25, -0.2) is 4.79 Å². The maximum atomic E-state index is 11.1. The Bertz CT molecular complexity index is 612. The molecule has 0 aliphatic rings. The van der Waals surface area contributed by atoms with E-state index in [1.165, 1.54) is 0 Å². The number of aromatic amines is 1. The van der Waals surface area contributed by atoms with Gasteiger partial charge in [-0.1, -0.05) is 6.07 Å². The summed E-state index contributed by atoms with van der Waals surface area (Å²) in [6, 6.07) is 5.64. The predicted octanol–water partition coefficient (Wildman–Crippen LogP) is 1.75. The molecule has 96 valence electrons. The smallest absolute Gasteiger partial charge is 0.408 e. The van der Waals surface area contributed by atoms with Crippen LogP contribution in [0, 0.1) is 0 Å². The van der Waals surface area contributed by atoms with Crippen LogP contribution in [-0.2, 0) is 4.79 Å². The second kappa shape index (κ2) is 5.18. The zero-order valence-electron chi connectivity index (χ0n) is 10.4. The Balaban J connectivity index is 2.27. The van der Waals surface area contributed by atoms with E-state index in [2.05, 4.69) is 10.3 Å². The first-order chi connectivity index (χ1) is 8.60. The number of nitrogens with one attached hydrogen (secondary N) is 2. The van der Waals surface area contributed by atoms with Crippen LogP contribution >= 0.6 is 0 Å². The largest absolute Gasteiger partial charge is 0.417 e. The summed E-state index contributed by atoms with van der Waals surface area (Å²) in [6.07, 6.45) is 1.27. The van der Waals surface area contributed by atoms with E-state index in [9.17, 15) is 9.59 Å². The molecule has 2 rings (SSSR count). The van der Waals surface area contributed by atoms with E-state index in [1.807, 2.05) is 19.2 Å². The fraction of sp³-hybridized carbons (Fsp3) is 0.385. The highest BCUT2D eigenvalue weighted by atomic mass is 16.4. The molecular weight excluding hydrogens is 232 g/mol. The van der Waals surface area contributed by atoms with Crippen LogP contribution in [0.25, 0.3) is 11.1 Å². The third-order valence-electron chi connectivity index (χ3n) is 2.98. The number of carbonyl (C=O) groups is 1. The Morgan fingerprint density at radius 3 is 2.94 bits per heavy atom. The van der Waals surface area contributed by atoms with Gasteiger partial charge in [-0.15, -0.1) is 0 Å².